The second-order valence-corrected chi connectivity index (χ2v) is 18.0. The number of benzene rings is 5. The molecule has 4 saturated carbocycles. The van der Waals surface area contributed by atoms with Crippen molar-refractivity contribution in [2.45, 2.75) is 82.5 Å². The van der Waals surface area contributed by atoms with E-state index in [9.17, 15) is 0 Å². The molecular formula is C48H47N. The maximum atomic E-state index is 2.67. The second-order valence-electron chi connectivity index (χ2n) is 18.0. The zero-order valence-corrected chi connectivity index (χ0v) is 29.5. The van der Waals surface area contributed by atoms with Crippen molar-refractivity contribution in [3.8, 4) is 22.3 Å². The monoisotopic (exact) mass is 637 g/mol. The minimum atomic E-state index is 0.0745. The summed E-state index contributed by atoms with van der Waals surface area (Å²) in [4.78, 5) is 2.67. The molecule has 1 heteroatoms. The number of nitrogens with zero attached hydrogens (tertiary/aromatic N) is 1. The van der Waals surface area contributed by atoms with Crippen molar-refractivity contribution in [1.82, 2.24) is 0 Å². The molecule has 244 valence electrons. The normalized spacial score (nSPS) is 31.3. The standard InChI is InChI=1S/C48H47N/c1-45(2)24-25-46(3,4)44-37(45)20-13-21-39(44)49(33-16-9-6-10-17-33)38-23-22-34(31-14-7-5-8-15-31)43-42(38)35-18-11-12-19-36(35)48(43)40-27-30-26-32-28-41(48)47(32,40)29-30/h5-23,30,32,40-41H,24-29H2,1-4H3. The van der Waals surface area contributed by atoms with E-state index in [4.69, 9.17) is 0 Å². The maximum Gasteiger partial charge on any atom is 0.0543 e. The Hall–Kier alpha value is -4.10. The number of fused-ring (bicyclic) bond motifs is 9. The van der Waals surface area contributed by atoms with Crippen LogP contribution in [0.1, 0.15) is 88.5 Å². The Balaban J connectivity index is 1.24. The summed E-state index contributed by atoms with van der Waals surface area (Å²) in [6.45, 7) is 9.88. The molecule has 0 aromatic heterocycles. The van der Waals surface area contributed by atoms with Crippen LogP contribution in [0.2, 0.25) is 0 Å². The highest BCUT2D eigenvalue weighted by molar-refractivity contribution is 6.00. The van der Waals surface area contributed by atoms with Crippen LogP contribution in [-0.4, -0.2) is 0 Å². The molecule has 0 radical (unpaired) electrons. The molecule has 6 aliphatic carbocycles. The predicted molar refractivity (Wildman–Crippen MR) is 203 cm³/mol. The van der Waals surface area contributed by atoms with Crippen LogP contribution in [-0.2, 0) is 16.2 Å². The van der Waals surface area contributed by atoms with Crippen molar-refractivity contribution in [1.29, 1.82) is 0 Å². The lowest BCUT2D eigenvalue weighted by atomic mass is 9.26. The Morgan fingerprint density at radius 3 is 2.04 bits per heavy atom. The number of hydrogen-bond acceptors (Lipinski definition) is 1. The van der Waals surface area contributed by atoms with Gasteiger partial charge in [0.1, 0.15) is 0 Å². The van der Waals surface area contributed by atoms with Gasteiger partial charge in [0.25, 0.3) is 0 Å². The molecule has 49 heavy (non-hydrogen) atoms. The molecule has 2 spiro atoms. The van der Waals surface area contributed by atoms with Crippen molar-refractivity contribution < 1.29 is 0 Å². The van der Waals surface area contributed by atoms with E-state index in [2.05, 4.69) is 148 Å². The topological polar surface area (TPSA) is 3.24 Å². The first-order valence-electron chi connectivity index (χ1n) is 19.1. The zero-order valence-electron chi connectivity index (χ0n) is 29.5. The van der Waals surface area contributed by atoms with Crippen LogP contribution >= 0.6 is 0 Å². The highest BCUT2D eigenvalue weighted by Gasteiger charge is 2.84. The molecule has 1 nitrogen and oxygen atoms in total. The van der Waals surface area contributed by atoms with Gasteiger partial charge < -0.3 is 4.90 Å². The quantitative estimate of drug-likeness (QED) is 0.189. The van der Waals surface area contributed by atoms with Gasteiger partial charge in [-0.2, -0.15) is 0 Å². The summed E-state index contributed by atoms with van der Waals surface area (Å²) in [5.41, 5.74) is 17.0. The van der Waals surface area contributed by atoms with Gasteiger partial charge in [-0.15, -0.1) is 0 Å². The molecule has 0 heterocycles. The Morgan fingerprint density at radius 2 is 1.24 bits per heavy atom. The van der Waals surface area contributed by atoms with Crippen LogP contribution in [0.3, 0.4) is 0 Å². The average Bonchev–Trinajstić information content (AvgIpc) is 3.75. The summed E-state index contributed by atoms with van der Waals surface area (Å²) in [6.07, 6.45) is 8.22. The third-order valence-corrected chi connectivity index (χ3v) is 15.1. The van der Waals surface area contributed by atoms with Crippen molar-refractivity contribution in [2.24, 2.45) is 29.1 Å². The van der Waals surface area contributed by atoms with Gasteiger partial charge in [-0.3, -0.25) is 0 Å². The summed E-state index contributed by atoms with van der Waals surface area (Å²) in [6, 6.07) is 44.5. The maximum absolute atomic E-state index is 2.67. The van der Waals surface area contributed by atoms with Crippen LogP contribution in [0.15, 0.2) is 115 Å². The molecule has 2 bridgehead atoms. The Bertz CT molecular complexity index is 2170. The number of para-hydroxylation sites is 1. The molecule has 0 saturated heterocycles. The molecule has 0 N–H and O–H groups in total. The van der Waals surface area contributed by atoms with Crippen LogP contribution < -0.4 is 4.90 Å². The Kier molecular flexibility index (Phi) is 5.49. The van der Waals surface area contributed by atoms with Crippen LogP contribution in [0.5, 0.6) is 0 Å². The fraction of sp³-hybridized carbons (Fsp3) is 0.375. The first-order valence-corrected chi connectivity index (χ1v) is 19.1. The average molecular weight is 638 g/mol. The minimum absolute atomic E-state index is 0.0745. The molecule has 5 aromatic rings. The molecule has 6 atom stereocenters. The van der Waals surface area contributed by atoms with E-state index < -0.39 is 0 Å². The third kappa shape index (κ3) is 3.34. The Labute approximate surface area is 292 Å². The molecule has 4 fully saturated rings. The number of hydrogen-bond donors (Lipinski definition) is 0. The van der Waals surface area contributed by atoms with Crippen molar-refractivity contribution in [3.05, 3.63) is 138 Å². The van der Waals surface area contributed by atoms with Gasteiger partial charge in [-0.25, -0.2) is 0 Å². The van der Waals surface area contributed by atoms with Gasteiger partial charge in [0.05, 0.1) is 11.4 Å². The molecular weight excluding hydrogens is 591 g/mol. The fourth-order valence-electron chi connectivity index (χ4n) is 13.4. The fourth-order valence-corrected chi connectivity index (χ4v) is 13.4. The van der Waals surface area contributed by atoms with Crippen LogP contribution in [0, 0.1) is 29.1 Å². The highest BCUT2D eigenvalue weighted by Crippen LogP contribution is 2.90. The van der Waals surface area contributed by atoms with Gasteiger partial charge in [-0.1, -0.05) is 119 Å². The minimum Gasteiger partial charge on any atom is -0.310 e. The summed E-state index contributed by atoms with van der Waals surface area (Å²) < 4.78 is 0. The van der Waals surface area contributed by atoms with Gasteiger partial charge in [0, 0.05) is 16.7 Å². The van der Waals surface area contributed by atoms with E-state index in [-0.39, 0.29) is 16.2 Å². The molecule has 11 rings (SSSR count). The van der Waals surface area contributed by atoms with E-state index in [0.717, 1.165) is 23.7 Å². The summed E-state index contributed by atoms with van der Waals surface area (Å²) in [5, 5.41) is 0. The molecule has 6 aliphatic rings. The second kappa shape index (κ2) is 9.36. The van der Waals surface area contributed by atoms with Crippen molar-refractivity contribution in [2.75, 3.05) is 4.90 Å². The molecule has 0 amide bonds. The molecule has 5 aromatic carbocycles. The predicted octanol–water partition coefficient (Wildman–Crippen LogP) is 12.5. The van der Waals surface area contributed by atoms with Crippen LogP contribution in [0.25, 0.3) is 22.3 Å². The number of rotatable bonds is 4. The van der Waals surface area contributed by atoms with E-state index >= 15 is 0 Å². The van der Waals surface area contributed by atoms with E-state index in [1.165, 1.54) is 89.0 Å². The largest absolute Gasteiger partial charge is 0.310 e. The summed E-state index contributed by atoms with van der Waals surface area (Å²) in [7, 11) is 0. The third-order valence-electron chi connectivity index (χ3n) is 15.1. The molecule has 6 unspecified atom stereocenters. The number of anilines is 3. The zero-order chi connectivity index (χ0) is 32.9. The van der Waals surface area contributed by atoms with Gasteiger partial charge in [-0.05, 0) is 142 Å². The van der Waals surface area contributed by atoms with Gasteiger partial charge in [0.2, 0.25) is 0 Å². The summed E-state index contributed by atoms with van der Waals surface area (Å²) in [5.74, 6) is 3.42. The van der Waals surface area contributed by atoms with Gasteiger partial charge in [0.15, 0.2) is 0 Å². The van der Waals surface area contributed by atoms with Crippen molar-refractivity contribution in [3.63, 3.8) is 0 Å². The summed E-state index contributed by atoms with van der Waals surface area (Å²) >= 11 is 0. The first-order chi connectivity index (χ1) is 23.8. The van der Waals surface area contributed by atoms with E-state index in [0.29, 0.717) is 5.41 Å². The van der Waals surface area contributed by atoms with Gasteiger partial charge >= 0.3 is 0 Å². The SMILES string of the molecule is CC1(C)CCC(C)(C)c2c(N(c3ccccc3)c3ccc(-c4ccccc4)c4c3-c3ccccc3C43C4CC5CC6CC3C64C5)cccc21. The van der Waals surface area contributed by atoms with Crippen LogP contribution in [0.4, 0.5) is 17.1 Å². The lowest BCUT2D eigenvalue weighted by molar-refractivity contribution is -0.231. The first kappa shape index (κ1) is 28.7. The highest BCUT2D eigenvalue weighted by atomic mass is 15.2. The lowest BCUT2D eigenvalue weighted by Gasteiger charge is -2.76. The Morgan fingerprint density at radius 1 is 0.551 bits per heavy atom. The lowest BCUT2D eigenvalue weighted by Crippen LogP contribution is -2.73. The van der Waals surface area contributed by atoms with E-state index in [1.807, 2.05) is 0 Å². The molecule has 0 aliphatic heterocycles. The van der Waals surface area contributed by atoms with E-state index in [1.54, 1.807) is 11.1 Å². The smallest absolute Gasteiger partial charge is 0.0543 e. The van der Waals surface area contributed by atoms with Crippen molar-refractivity contribution >= 4 is 17.1 Å².